The number of thiophene rings is 1. The van der Waals surface area contributed by atoms with Gasteiger partial charge in [0.2, 0.25) is 0 Å². The van der Waals surface area contributed by atoms with Gasteiger partial charge in [0, 0.05) is 21.7 Å². The maximum Gasteiger partial charge on any atom is 0.0444 e. The molecule has 1 saturated carbocycles. The average Bonchev–Trinajstić information content (AvgIpc) is 2.99. The van der Waals surface area contributed by atoms with E-state index in [1.807, 2.05) is 11.3 Å². The molecule has 21 heavy (non-hydrogen) atoms. The van der Waals surface area contributed by atoms with Crippen LogP contribution in [0, 0.1) is 0 Å². The number of fused-ring (bicyclic) bond motifs is 1. The van der Waals surface area contributed by atoms with E-state index in [9.17, 15) is 0 Å². The van der Waals surface area contributed by atoms with E-state index < -0.39 is 0 Å². The van der Waals surface area contributed by atoms with Crippen LogP contribution in [0.3, 0.4) is 0 Å². The van der Waals surface area contributed by atoms with Crippen molar-refractivity contribution in [3.05, 3.63) is 35.2 Å². The Balaban J connectivity index is 1.63. The largest absolute Gasteiger partial charge is 0.293 e. The highest BCUT2D eigenvalue weighted by Crippen LogP contribution is 2.40. The molecule has 1 nitrogen and oxygen atoms in total. The SMILES string of the molecule is c1ccc2sc(C3CCCCN3C3CCCCC3)cc2c1. The Kier molecular flexibility index (Phi) is 4.00. The fourth-order valence-corrected chi connectivity index (χ4v) is 5.50. The molecular formula is C19H25NS. The summed E-state index contributed by atoms with van der Waals surface area (Å²) in [7, 11) is 0. The van der Waals surface area contributed by atoms with E-state index in [1.54, 1.807) is 4.88 Å². The van der Waals surface area contributed by atoms with Gasteiger partial charge >= 0.3 is 0 Å². The minimum Gasteiger partial charge on any atom is -0.293 e. The highest BCUT2D eigenvalue weighted by Gasteiger charge is 2.31. The van der Waals surface area contributed by atoms with Crippen molar-refractivity contribution in [2.24, 2.45) is 0 Å². The lowest BCUT2D eigenvalue weighted by Gasteiger charge is -2.42. The summed E-state index contributed by atoms with van der Waals surface area (Å²) in [6, 6.07) is 12.9. The first-order valence-corrected chi connectivity index (χ1v) is 9.48. The van der Waals surface area contributed by atoms with Crippen molar-refractivity contribution >= 4 is 21.4 Å². The van der Waals surface area contributed by atoms with Crippen molar-refractivity contribution < 1.29 is 0 Å². The zero-order valence-corrected chi connectivity index (χ0v) is 13.6. The van der Waals surface area contributed by atoms with Crippen LogP contribution in [-0.2, 0) is 0 Å². The smallest absolute Gasteiger partial charge is 0.0444 e. The molecule has 2 aromatic rings. The zero-order valence-electron chi connectivity index (χ0n) is 12.8. The Morgan fingerprint density at radius 3 is 2.57 bits per heavy atom. The van der Waals surface area contributed by atoms with Gasteiger partial charge in [0.05, 0.1) is 0 Å². The minimum absolute atomic E-state index is 0.694. The monoisotopic (exact) mass is 299 g/mol. The van der Waals surface area contributed by atoms with Crippen molar-refractivity contribution in [3.63, 3.8) is 0 Å². The summed E-state index contributed by atoms with van der Waals surface area (Å²) in [5.41, 5.74) is 0. The molecule has 0 radical (unpaired) electrons. The van der Waals surface area contributed by atoms with Gasteiger partial charge in [-0.2, -0.15) is 0 Å². The molecule has 4 rings (SSSR count). The van der Waals surface area contributed by atoms with Gasteiger partial charge in [-0.1, -0.05) is 43.9 Å². The fourth-order valence-electron chi connectivity index (χ4n) is 4.28. The lowest BCUT2D eigenvalue weighted by atomic mass is 9.90. The number of nitrogens with zero attached hydrogens (tertiary/aromatic N) is 1. The molecule has 1 aromatic heterocycles. The Bertz CT molecular complexity index is 563. The third-order valence-electron chi connectivity index (χ3n) is 5.36. The van der Waals surface area contributed by atoms with Crippen molar-refractivity contribution in [2.45, 2.75) is 63.5 Å². The summed E-state index contributed by atoms with van der Waals surface area (Å²) in [6.45, 7) is 1.32. The second kappa shape index (κ2) is 6.10. The standard InChI is InChI=1S/C19H25NS/c1-2-9-16(10-3-1)20-13-7-6-11-17(20)19-14-15-8-4-5-12-18(15)21-19/h4-5,8,12,14,16-17H,1-3,6-7,9-11,13H2. The molecule has 1 aliphatic heterocycles. The molecule has 0 N–H and O–H groups in total. The average molecular weight is 299 g/mol. The van der Waals surface area contributed by atoms with Crippen molar-refractivity contribution in [3.8, 4) is 0 Å². The van der Waals surface area contributed by atoms with E-state index in [-0.39, 0.29) is 0 Å². The van der Waals surface area contributed by atoms with Gasteiger partial charge in [-0.05, 0) is 49.7 Å². The topological polar surface area (TPSA) is 3.24 Å². The van der Waals surface area contributed by atoms with Gasteiger partial charge in [-0.3, -0.25) is 4.90 Å². The maximum absolute atomic E-state index is 2.87. The molecule has 1 atom stereocenters. The number of piperidine rings is 1. The summed E-state index contributed by atoms with van der Waals surface area (Å²) < 4.78 is 1.46. The number of hydrogen-bond acceptors (Lipinski definition) is 2. The van der Waals surface area contributed by atoms with Gasteiger partial charge in [0.1, 0.15) is 0 Å². The summed E-state index contributed by atoms with van der Waals surface area (Å²) >= 11 is 2.03. The predicted octanol–water partition coefficient (Wildman–Crippen LogP) is 5.76. The zero-order chi connectivity index (χ0) is 14.1. The summed E-state index contributed by atoms with van der Waals surface area (Å²) in [6.07, 6.45) is 11.4. The van der Waals surface area contributed by atoms with E-state index in [0.717, 1.165) is 6.04 Å². The molecule has 112 valence electrons. The molecule has 1 unspecified atom stereocenters. The third-order valence-corrected chi connectivity index (χ3v) is 6.58. The molecule has 2 heteroatoms. The molecule has 0 bridgehead atoms. The Morgan fingerprint density at radius 1 is 0.905 bits per heavy atom. The van der Waals surface area contributed by atoms with Crippen LogP contribution < -0.4 is 0 Å². The number of rotatable bonds is 2. The quantitative estimate of drug-likeness (QED) is 0.681. The summed E-state index contributed by atoms with van der Waals surface area (Å²) in [4.78, 5) is 4.48. The molecule has 1 aromatic carbocycles. The van der Waals surface area contributed by atoms with Crippen LogP contribution >= 0.6 is 11.3 Å². The number of likely N-dealkylation sites (tertiary alicyclic amines) is 1. The highest BCUT2D eigenvalue weighted by molar-refractivity contribution is 7.19. The Labute approximate surface area is 132 Å². The molecule has 0 amide bonds. The molecule has 2 fully saturated rings. The van der Waals surface area contributed by atoms with E-state index in [4.69, 9.17) is 0 Å². The minimum atomic E-state index is 0.694. The van der Waals surface area contributed by atoms with Crippen LogP contribution in [0.2, 0.25) is 0 Å². The van der Waals surface area contributed by atoms with E-state index in [1.165, 1.54) is 68.0 Å². The molecular weight excluding hydrogens is 274 g/mol. The first-order chi connectivity index (χ1) is 10.4. The van der Waals surface area contributed by atoms with Crippen LogP contribution in [-0.4, -0.2) is 17.5 Å². The van der Waals surface area contributed by atoms with Crippen molar-refractivity contribution in [1.29, 1.82) is 0 Å². The van der Waals surface area contributed by atoms with E-state index in [2.05, 4.69) is 35.2 Å². The second-order valence-electron chi connectivity index (χ2n) is 6.73. The van der Waals surface area contributed by atoms with Gasteiger partial charge in [0.15, 0.2) is 0 Å². The van der Waals surface area contributed by atoms with Gasteiger partial charge < -0.3 is 0 Å². The first kappa shape index (κ1) is 13.8. The number of benzene rings is 1. The summed E-state index contributed by atoms with van der Waals surface area (Å²) in [5.74, 6) is 0. The maximum atomic E-state index is 2.87. The Morgan fingerprint density at radius 2 is 1.71 bits per heavy atom. The van der Waals surface area contributed by atoms with Crippen LogP contribution in [0.4, 0.5) is 0 Å². The van der Waals surface area contributed by atoms with Crippen LogP contribution in [0.5, 0.6) is 0 Å². The van der Waals surface area contributed by atoms with Crippen molar-refractivity contribution in [2.75, 3.05) is 6.54 Å². The lowest BCUT2D eigenvalue weighted by Crippen LogP contribution is -2.42. The van der Waals surface area contributed by atoms with E-state index >= 15 is 0 Å². The molecule has 2 aliphatic rings. The van der Waals surface area contributed by atoms with Gasteiger partial charge in [-0.15, -0.1) is 11.3 Å². The lowest BCUT2D eigenvalue weighted by molar-refractivity contribution is 0.0740. The molecule has 1 aliphatic carbocycles. The van der Waals surface area contributed by atoms with Crippen LogP contribution in [0.1, 0.15) is 62.3 Å². The van der Waals surface area contributed by atoms with Gasteiger partial charge in [0.25, 0.3) is 0 Å². The second-order valence-corrected chi connectivity index (χ2v) is 7.84. The van der Waals surface area contributed by atoms with Crippen molar-refractivity contribution in [1.82, 2.24) is 4.90 Å². The predicted molar refractivity (Wildman–Crippen MR) is 92.0 cm³/mol. The highest BCUT2D eigenvalue weighted by atomic mass is 32.1. The molecule has 1 saturated heterocycles. The third kappa shape index (κ3) is 2.76. The van der Waals surface area contributed by atoms with Crippen LogP contribution in [0.25, 0.3) is 10.1 Å². The van der Waals surface area contributed by atoms with Crippen LogP contribution in [0.15, 0.2) is 30.3 Å². The van der Waals surface area contributed by atoms with Gasteiger partial charge in [-0.25, -0.2) is 0 Å². The fraction of sp³-hybridized carbons (Fsp3) is 0.579. The Hall–Kier alpha value is -0.860. The summed E-state index contributed by atoms with van der Waals surface area (Å²) in [5, 5.41) is 1.44. The van der Waals surface area contributed by atoms with E-state index in [0.29, 0.717) is 6.04 Å². The first-order valence-electron chi connectivity index (χ1n) is 8.66. The molecule has 2 heterocycles. The molecule has 0 spiro atoms. The number of hydrogen-bond donors (Lipinski definition) is 0. The normalized spacial score (nSPS) is 25.4.